The number of hydrogen-bond acceptors (Lipinski definition) is 0. The molecule has 59 valence electrons. The lowest BCUT2D eigenvalue weighted by Crippen LogP contribution is -1.82. The molecule has 1 aromatic rings. The number of benzene rings is 1. The highest BCUT2D eigenvalue weighted by molar-refractivity contribution is 6.36. The van der Waals surface area contributed by atoms with Gasteiger partial charge in [-0.1, -0.05) is 36.2 Å². The maximum absolute atomic E-state index is 5.89. The smallest absolute Gasteiger partial charge is 0.0455 e. The Morgan fingerprint density at radius 1 is 1.27 bits per heavy atom. The summed E-state index contributed by atoms with van der Waals surface area (Å²) < 4.78 is 0. The fourth-order valence-corrected chi connectivity index (χ4v) is 1.46. The standard InChI is InChI=1S/C9H9Cl2/c1-2-4-7-8(10)5-3-6-9(7)11/h3-6H,2H2,1H3. The lowest BCUT2D eigenvalue weighted by molar-refractivity contribution is 1.12. The average molecular weight is 188 g/mol. The Bertz CT molecular complexity index is 223. The zero-order chi connectivity index (χ0) is 8.27. The van der Waals surface area contributed by atoms with Crippen molar-refractivity contribution in [3.63, 3.8) is 0 Å². The molecule has 0 bridgehead atoms. The molecule has 0 nitrogen and oxygen atoms in total. The van der Waals surface area contributed by atoms with Gasteiger partial charge < -0.3 is 0 Å². The van der Waals surface area contributed by atoms with Crippen LogP contribution in [0.15, 0.2) is 18.2 Å². The van der Waals surface area contributed by atoms with Gasteiger partial charge in [-0.2, -0.15) is 0 Å². The van der Waals surface area contributed by atoms with E-state index in [2.05, 4.69) is 6.92 Å². The Balaban J connectivity index is 3.00. The summed E-state index contributed by atoms with van der Waals surface area (Å²) in [5, 5.41) is 1.44. The summed E-state index contributed by atoms with van der Waals surface area (Å²) >= 11 is 11.8. The molecule has 0 fully saturated rings. The summed E-state index contributed by atoms with van der Waals surface area (Å²) in [6.07, 6.45) is 2.97. The Labute approximate surface area is 77.1 Å². The summed E-state index contributed by atoms with van der Waals surface area (Å²) in [5.74, 6) is 0. The molecule has 0 saturated heterocycles. The first-order valence-electron chi connectivity index (χ1n) is 3.53. The van der Waals surface area contributed by atoms with Crippen LogP contribution < -0.4 is 0 Å². The molecular formula is C9H9Cl2. The van der Waals surface area contributed by atoms with Crippen molar-refractivity contribution in [2.45, 2.75) is 13.3 Å². The molecule has 0 aliphatic heterocycles. The molecule has 2 heteroatoms. The van der Waals surface area contributed by atoms with E-state index in [1.165, 1.54) is 0 Å². The van der Waals surface area contributed by atoms with Gasteiger partial charge in [0.1, 0.15) is 0 Å². The molecule has 0 N–H and O–H groups in total. The van der Waals surface area contributed by atoms with Crippen LogP contribution in [0.2, 0.25) is 10.0 Å². The third kappa shape index (κ3) is 2.11. The molecule has 0 spiro atoms. The molecule has 0 unspecified atom stereocenters. The maximum atomic E-state index is 5.89. The van der Waals surface area contributed by atoms with E-state index in [0.717, 1.165) is 22.0 Å². The molecule has 11 heavy (non-hydrogen) atoms. The fraction of sp³-hybridized carbons (Fsp3) is 0.222. The van der Waals surface area contributed by atoms with Crippen LogP contribution in [0.5, 0.6) is 0 Å². The quantitative estimate of drug-likeness (QED) is 0.658. The van der Waals surface area contributed by atoms with Crippen molar-refractivity contribution >= 4 is 23.2 Å². The molecule has 0 aliphatic carbocycles. The summed E-state index contributed by atoms with van der Waals surface area (Å²) in [6.45, 7) is 2.06. The van der Waals surface area contributed by atoms with E-state index in [-0.39, 0.29) is 0 Å². The van der Waals surface area contributed by atoms with E-state index in [9.17, 15) is 0 Å². The van der Waals surface area contributed by atoms with E-state index in [1.807, 2.05) is 24.6 Å². The van der Waals surface area contributed by atoms with Crippen LogP contribution in [-0.2, 0) is 0 Å². The monoisotopic (exact) mass is 187 g/mol. The molecule has 1 aromatic carbocycles. The van der Waals surface area contributed by atoms with Crippen molar-refractivity contribution in [1.29, 1.82) is 0 Å². The predicted molar refractivity (Wildman–Crippen MR) is 50.2 cm³/mol. The van der Waals surface area contributed by atoms with Gasteiger partial charge in [0, 0.05) is 10.0 Å². The first-order valence-corrected chi connectivity index (χ1v) is 4.28. The molecule has 0 atom stereocenters. The van der Waals surface area contributed by atoms with Crippen LogP contribution >= 0.6 is 23.2 Å². The van der Waals surface area contributed by atoms with Crippen molar-refractivity contribution < 1.29 is 0 Å². The summed E-state index contributed by atoms with van der Waals surface area (Å²) in [4.78, 5) is 0. The Kier molecular flexibility index (Phi) is 3.22. The highest BCUT2D eigenvalue weighted by Crippen LogP contribution is 2.26. The minimum Gasteiger partial charge on any atom is -0.0840 e. The van der Waals surface area contributed by atoms with Gasteiger partial charge in [0.2, 0.25) is 0 Å². The van der Waals surface area contributed by atoms with E-state index in [0.29, 0.717) is 0 Å². The molecule has 1 radical (unpaired) electrons. The minimum absolute atomic E-state index is 0.722. The Morgan fingerprint density at radius 2 is 1.82 bits per heavy atom. The second kappa shape index (κ2) is 3.99. The predicted octanol–water partition coefficient (Wildman–Crippen LogP) is 3.96. The summed E-state index contributed by atoms with van der Waals surface area (Å²) in [5.41, 5.74) is 0.943. The SMILES string of the molecule is CC[CH]c1c(Cl)cccc1Cl. The lowest BCUT2D eigenvalue weighted by atomic mass is 10.1. The van der Waals surface area contributed by atoms with E-state index >= 15 is 0 Å². The zero-order valence-corrected chi connectivity index (χ0v) is 7.78. The second-order valence-corrected chi connectivity index (χ2v) is 3.06. The molecular weight excluding hydrogens is 179 g/mol. The summed E-state index contributed by atoms with van der Waals surface area (Å²) in [7, 11) is 0. The van der Waals surface area contributed by atoms with Crippen LogP contribution in [0.4, 0.5) is 0 Å². The first-order chi connectivity index (χ1) is 5.25. The van der Waals surface area contributed by atoms with Crippen LogP contribution in [0.3, 0.4) is 0 Å². The third-order valence-corrected chi connectivity index (χ3v) is 2.07. The minimum atomic E-state index is 0.722. The average Bonchev–Trinajstić information content (AvgIpc) is 1.97. The summed E-state index contributed by atoms with van der Waals surface area (Å²) in [6, 6.07) is 5.53. The van der Waals surface area contributed by atoms with Crippen molar-refractivity contribution in [2.75, 3.05) is 0 Å². The van der Waals surface area contributed by atoms with Gasteiger partial charge in [-0.25, -0.2) is 0 Å². The van der Waals surface area contributed by atoms with Crippen LogP contribution in [-0.4, -0.2) is 0 Å². The normalized spacial score (nSPS) is 10.1. The van der Waals surface area contributed by atoms with Gasteiger partial charge in [-0.3, -0.25) is 0 Å². The lowest BCUT2D eigenvalue weighted by Gasteiger charge is -2.03. The number of rotatable bonds is 2. The number of hydrogen-bond donors (Lipinski definition) is 0. The van der Waals surface area contributed by atoms with Gasteiger partial charge in [0.25, 0.3) is 0 Å². The highest BCUT2D eigenvalue weighted by Gasteiger charge is 2.02. The molecule has 0 aromatic heterocycles. The van der Waals surface area contributed by atoms with Gasteiger partial charge >= 0.3 is 0 Å². The Morgan fingerprint density at radius 3 is 2.27 bits per heavy atom. The van der Waals surface area contributed by atoms with E-state index in [1.54, 1.807) is 0 Å². The van der Waals surface area contributed by atoms with Gasteiger partial charge in [-0.15, -0.1) is 0 Å². The zero-order valence-electron chi connectivity index (χ0n) is 6.27. The van der Waals surface area contributed by atoms with E-state index in [4.69, 9.17) is 23.2 Å². The van der Waals surface area contributed by atoms with Crippen molar-refractivity contribution in [2.24, 2.45) is 0 Å². The van der Waals surface area contributed by atoms with Crippen molar-refractivity contribution in [1.82, 2.24) is 0 Å². The third-order valence-electron chi connectivity index (χ3n) is 1.41. The molecule has 0 amide bonds. The highest BCUT2D eigenvalue weighted by atomic mass is 35.5. The molecule has 0 saturated carbocycles. The van der Waals surface area contributed by atoms with Gasteiger partial charge in [0.15, 0.2) is 0 Å². The van der Waals surface area contributed by atoms with Crippen LogP contribution in [0.1, 0.15) is 18.9 Å². The topological polar surface area (TPSA) is 0 Å². The first kappa shape index (κ1) is 8.89. The molecule has 0 aliphatic rings. The molecule has 1 rings (SSSR count). The largest absolute Gasteiger partial charge is 0.0840 e. The van der Waals surface area contributed by atoms with Crippen LogP contribution in [0.25, 0.3) is 0 Å². The van der Waals surface area contributed by atoms with Crippen LogP contribution in [0, 0.1) is 6.42 Å². The van der Waals surface area contributed by atoms with Gasteiger partial charge in [-0.05, 0) is 30.5 Å². The van der Waals surface area contributed by atoms with E-state index < -0.39 is 0 Å². The van der Waals surface area contributed by atoms with Crippen molar-refractivity contribution in [3.8, 4) is 0 Å². The van der Waals surface area contributed by atoms with Crippen molar-refractivity contribution in [3.05, 3.63) is 40.2 Å². The maximum Gasteiger partial charge on any atom is 0.0455 e. The Hall–Kier alpha value is -0.200. The second-order valence-electron chi connectivity index (χ2n) is 2.25. The molecule has 0 heterocycles. The van der Waals surface area contributed by atoms with Gasteiger partial charge in [0.05, 0.1) is 0 Å². The fourth-order valence-electron chi connectivity index (χ4n) is 0.910. The number of halogens is 2.